The van der Waals surface area contributed by atoms with Crippen molar-refractivity contribution >= 4 is 12.4 Å². The Labute approximate surface area is 130 Å². The summed E-state index contributed by atoms with van der Waals surface area (Å²) in [4.78, 5) is 2.38. The summed E-state index contributed by atoms with van der Waals surface area (Å²) in [5.41, 5.74) is 2.08. The minimum absolute atomic E-state index is 0. The van der Waals surface area contributed by atoms with E-state index in [0.717, 1.165) is 43.1 Å². The summed E-state index contributed by atoms with van der Waals surface area (Å²) in [6, 6.07) is 8.96. The summed E-state index contributed by atoms with van der Waals surface area (Å²) in [6.07, 6.45) is 1.70. The highest BCUT2D eigenvalue weighted by atomic mass is 35.5. The first-order valence-electron chi connectivity index (χ1n) is 7.00. The number of rotatable bonds is 3. The summed E-state index contributed by atoms with van der Waals surface area (Å²) in [7, 11) is 0. The zero-order valence-electron chi connectivity index (χ0n) is 12.0. The standard InChI is InChI=1S/C16H19FN2O.ClH/c1-12-11-13(17)4-5-14(12)16(15-3-2-10-20-15)19-8-6-18-7-9-19;/h2-5,10-11,16,18H,6-9H2,1H3;1H/t16-;/m0./s1. The lowest BCUT2D eigenvalue weighted by atomic mass is 9.97. The van der Waals surface area contributed by atoms with Crippen LogP contribution in [0.25, 0.3) is 0 Å². The van der Waals surface area contributed by atoms with Gasteiger partial charge in [-0.2, -0.15) is 0 Å². The summed E-state index contributed by atoms with van der Waals surface area (Å²) < 4.78 is 19.0. The van der Waals surface area contributed by atoms with E-state index in [1.165, 1.54) is 6.07 Å². The number of aryl methyl sites for hydroxylation is 1. The third-order valence-electron chi connectivity index (χ3n) is 3.86. The Morgan fingerprint density at radius 3 is 2.62 bits per heavy atom. The van der Waals surface area contributed by atoms with Gasteiger partial charge in [0.15, 0.2) is 0 Å². The van der Waals surface area contributed by atoms with Crippen molar-refractivity contribution in [3.05, 3.63) is 59.3 Å². The minimum atomic E-state index is -0.190. The molecule has 0 spiro atoms. The molecule has 1 fully saturated rings. The van der Waals surface area contributed by atoms with Crippen LogP contribution in [0.4, 0.5) is 4.39 Å². The fraction of sp³-hybridized carbons (Fsp3) is 0.375. The van der Waals surface area contributed by atoms with Crippen LogP contribution in [-0.2, 0) is 0 Å². The summed E-state index contributed by atoms with van der Waals surface area (Å²) in [5.74, 6) is 0.728. The number of nitrogens with one attached hydrogen (secondary N) is 1. The highest BCUT2D eigenvalue weighted by Gasteiger charge is 2.27. The van der Waals surface area contributed by atoms with Crippen LogP contribution in [0.3, 0.4) is 0 Å². The maximum atomic E-state index is 13.3. The predicted octanol–water partition coefficient (Wildman–Crippen LogP) is 3.14. The van der Waals surface area contributed by atoms with Gasteiger partial charge in [0.25, 0.3) is 0 Å². The van der Waals surface area contributed by atoms with Crippen LogP contribution in [0.1, 0.15) is 22.9 Å². The van der Waals surface area contributed by atoms with Gasteiger partial charge in [-0.15, -0.1) is 12.4 Å². The van der Waals surface area contributed by atoms with E-state index in [0.29, 0.717) is 0 Å². The fourth-order valence-corrected chi connectivity index (χ4v) is 2.86. The molecule has 1 atom stereocenters. The molecule has 21 heavy (non-hydrogen) atoms. The monoisotopic (exact) mass is 310 g/mol. The van der Waals surface area contributed by atoms with Gasteiger partial charge < -0.3 is 9.73 Å². The fourth-order valence-electron chi connectivity index (χ4n) is 2.86. The molecule has 3 nitrogen and oxygen atoms in total. The van der Waals surface area contributed by atoms with Gasteiger partial charge in [0.1, 0.15) is 11.6 Å². The van der Waals surface area contributed by atoms with Crippen molar-refractivity contribution in [1.82, 2.24) is 10.2 Å². The Morgan fingerprint density at radius 1 is 1.24 bits per heavy atom. The molecule has 1 aliphatic rings. The number of furan rings is 1. The third-order valence-corrected chi connectivity index (χ3v) is 3.86. The van der Waals surface area contributed by atoms with Gasteiger partial charge in [0, 0.05) is 26.2 Å². The van der Waals surface area contributed by atoms with Crippen molar-refractivity contribution in [1.29, 1.82) is 0 Å². The Balaban J connectivity index is 0.00000161. The van der Waals surface area contributed by atoms with Crippen LogP contribution in [0.5, 0.6) is 0 Å². The van der Waals surface area contributed by atoms with E-state index in [9.17, 15) is 4.39 Å². The number of halogens is 2. The maximum absolute atomic E-state index is 13.3. The topological polar surface area (TPSA) is 28.4 Å². The Kier molecular flexibility index (Phi) is 5.39. The summed E-state index contributed by atoms with van der Waals surface area (Å²) in [6.45, 7) is 5.82. The zero-order valence-corrected chi connectivity index (χ0v) is 12.8. The largest absolute Gasteiger partial charge is 0.467 e. The third kappa shape index (κ3) is 3.46. The van der Waals surface area contributed by atoms with Gasteiger partial charge >= 0.3 is 0 Å². The first kappa shape index (κ1) is 16.0. The molecule has 2 heterocycles. The Hall–Kier alpha value is -1.36. The molecule has 0 radical (unpaired) electrons. The van der Waals surface area contributed by atoms with Gasteiger partial charge in [-0.25, -0.2) is 4.39 Å². The highest BCUT2D eigenvalue weighted by Crippen LogP contribution is 2.31. The van der Waals surface area contributed by atoms with Crippen LogP contribution >= 0.6 is 12.4 Å². The van der Waals surface area contributed by atoms with Gasteiger partial charge in [-0.05, 0) is 42.3 Å². The molecule has 0 unspecified atom stereocenters. The van der Waals surface area contributed by atoms with E-state index in [2.05, 4.69) is 10.2 Å². The highest BCUT2D eigenvalue weighted by molar-refractivity contribution is 5.85. The number of piperazine rings is 1. The first-order valence-corrected chi connectivity index (χ1v) is 7.00. The lowest BCUT2D eigenvalue weighted by Gasteiger charge is -2.34. The molecule has 0 saturated carbocycles. The Bertz CT molecular complexity index is 568. The molecule has 1 aliphatic heterocycles. The molecule has 5 heteroatoms. The van der Waals surface area contributed by atoms with E-state index < -0.39 is 0 Å². The van der Waals surface area contributed by atoms with Gasteiger partial charge in [0.2, 0.25) is 0 Å². The molecule has 0 aliphatic carbocycles. The van der Waals surface area contributed by atoms with Gasteiger partial charge in [-0.1, -0.05) is 6.07 Å². The maximum Gasteiger partial charge on any atom is 0.125 e. The summed E-state index contributed by atoms with van der Waals surface area (Å²) >= 11 is 0. The predicted molar refractivity (Wildman–Crippen MR) is 83.4 cm³/mol. The van der Waals surface area contributed by atoms with E-state index in [1.54, 1.807) is 12.3 Å². The van der Waals surface area contributed by atoms with E-state index >= 15 is 0 Å². The Morgan fingerprint density at radius 2 is 2.00 bits per heavy atom. The second-order valence-corrected chi connectivity index (χ2v) is 5.20. The van der Waals surface area contributed by atoms with Gasteiger partial charge in [0.05, 0.1) is 12.3 Å². The van der Waals surface area contributed by atoms with E-state index in [-0.39, 0.29) is 24.3 Å². The number of benzene rings is 1. The molecular weight excluding hydrogens is 291 g/mol. The van der Waals surface area contributed by atoms with E-state index in [4.69, 9.17) is 4.42 Å². The lowest BCUT2D eigenvalue weighted by Crippen LogP contribution is -2.45. The SMILES string of the molecule is Cc1cc(F)ccc1[C@@H](c1ccco1)N1CCNCC1.Cl. The molecular formula is C16H20ClFN2O. The summed E-state index contributed by atoms with van der Waals surface area (Å²) in [5, 5.41) is 3.36. The second-order valence-electron chi connectivity index (χ2n) is 5.20. The molecule has 1 N–H and O–H groups in total. The van der Waals surface area contributed by atoms with Crippen LogP contribution in [0, 0.1) is 12.7 Å². The van der Waals surface area contributed by atoms with Crippen molar-refractivity contribution in [2.45, 2.75) is 13.0 Å². The van der Waals surface area contributed by atoms with Crippen molar-refractivity contribution < 1.29 is 8.81 Å². The molecule has 3 rings (SSSR count). The minimum Gasteiger partial charge on any atom is -0.467 e. The average molecular weight is 311 g/mol. The van der Waals surface area contributed by atoms with Crippen molar-refractivity contribution in [3.8, 4) is 0 Å². The molecule has 1 aromatic heterocycles. The first-order chi connectivity index (χ1) is 9.75. The van der Waals surface area contributed by atoms with Crippen molar-refractivity contribution in [2.75, 3.05) is 26.2 Å². The molecule has 0 bridgehead atoms. The zero-order chi connectivity index (χ0) is 13.9. The molecule has 0 amide bonds. The molecule has 114 valence electrons. The van der Waals surface area contributed by atoms with Crippen molar-refractivity contribution in [2.24, 2.45) is 0 Å². The number of hydrogen-bond acceptors (Lipinski definition) is 3. The molecule has 2 aromatic rings. The van der Waals surface area contributed by atoms with Crippen LogP contribution in [-0.4, -0.2) is 31.1 Å². The average Bonchev–Trinajstić information content (AvgIpc) is 2.97. The normalized spacial score (nSPS) is 17.2. The molecule has 1 aromatic carbocycles. The van der Waals surface area contributed by atoms with Crippen molar-refractivity contribution in [3.63, 3.8) is 0 Å². The lowest BCUT2D eigenvalue weighted by molar-refractivity contribution is 0.179. The van der Waals surface area contributed by atoms with E-state index in [1.807, 2.05) is 25.1 Å². The molecule has 1 saturated heterocycles. The quantitative estimate of drug-likeness (QED) is 0.944. The second kappa shape index (κ2) is 7.07. The van der Waals surface area contributed by atoms with Crippen LogP contribution in [0.15, 0.2) is 41.0 Å². The van der Waals surface area contributed by atoms with Crippen LogP contribution in [0.2, 0.25) is 0 Å². The number of hydrogen-bond donors (Lipinski definition) is 1. The number of nitrogens with zero attached hydrogens (tertiary/aromatic N) is 1. The van der Waals surface area contributed by atoms with Crippen LogP contribution < -0.4 is 5.32 Å². The smallest absolute Gasteiger partial charge is 0.125 e. The van der Waals surface area contributed by atoms with Gasteiger partial charge in [-0.3, -0.25) is 4.90 Å².